The molecule has 3 N–H and O–H groups in total. The van der Waals surface area contributed by atoms with Crippen molar-refractivity contribution >= 4 is 44.4 Å². The number of likely N-dealkylation sites (N-methyl/N-ethyl adjacent to an activating group) is 2. The van der Waals surface area contributed by atoms with Crippen molar-refractivity contribution in [2.45, 2.75) is 101 Å². The van der Waals surface area contributed by atoms with Gasteiger partial charge in [-0.25, -0.2) is 4.68 Å². The van der Waals surface area contributed by atoms with Gasteiger partial charge in [-0.2, -0.15) is 20.4 Å². The second-order valence-electron chi connectivity index (χ2n) is 18.3. The second-order valence-corrected chi connectivity index (χ2v) is 19.5. The van der Waals surface area contributed by atoms with E-state index in [1.165, 1.54) is 125 Å². The van der Waals surface area contributed by atoms with Crippen molar-refractivity contribution in [3.05, 3.63) is 87.3 Å². The third kappa shape index (κ3) is 11.2. The van der Waals surface area contributed by atoms with E-state index in [2.05, 4.69) is 121 Å². The summed E-state index contributed by atoms with van der Waals surface area (Å²) in [6, 6.07) is 12.0. The number of halogens is 1. The number of nitrogens with one attached hydrogen (secondary N) is 3. The molecule has 0 spiro atoms. The second kappa shape index (κ2) is 21.5. The van der Waals surface area contributed by atoms with Crippen LogP contribution in [0.4, 0.5) is 0 Å². The Bertz CT molecular complexity index is 2320. The highest BCUT2D eigenvalue weighted by atomic mass is 127. The number of ether oxygens (including phenoxy) is 2. The van der Waals surface area contributed by atoms with Gasteiger partial charge in [0.25, 0.3) is 0 Å². The first kappa shape index (κ1) is 45.8. The van der Waals surface area contributed by atoms with E-state index in [0.717, 1.165) is 32.1 Å². The lowest BCUT2D eigenvalue weighted by Crippen LogP contribution is -2.51. The number of aromatic amines is 1. The summed E-state index contributed by atoms with van der Waals surface area (Å²) in [6.45, 7) is 12.9. The maximum atomic E-state index is 5.36. The van der Waals surface area contributed by atoms with Gasteiger partial charge in [-0.05, 0) is 174 Å². The summed E-state index contributed by atoms with van der Waals surface area (Å²) in [7, 11) is 7.95. The Hall–Kier alpha value is -3.71. The first-order valence-corrected chi connectivity index (χ1v) is 24.3. The largest absolute Gasteiger partial charge is 0.378 e. The smallest absolute Gasteiger partial charge is 0.103 e. The molecule has 5 aliphatic rings. The fourth-order valence-corrected chi connectivity index (χ4v) is 10.7. The van der Waals surface area contributed by atoms with Crippen LogP contribution >= 0.6 is 22.6 Å². The fourth-order valence-electron chi connectivity index (χ4n) is 10.2. The van der Waals surface area contributed by atoms with E-state index in [1.54, 1.807) is 4.68 Å². The van der Waals surface area contributed by atoms with Gasteiger partial charge in [-0.15, -0.1) is 0 Å². The summed E-state index contributed by atoms with van der Waals surface area (Å²) < 4.78 is 17.4. The molecule has 5 fully saturated rings. The lowest BCUT2D eigenvalue weighted by Gasteiger charge is -2.41. The monoisotopic (exact) mass is 972 g/mol. The van der Waals surface area contributed by atoms with Gasteiger partial charge in [0.15, 0.2) is 0 Å². The van der Waals surface area contributed by atoms with Gasteiger partial charge in [0.2, 0.25) is 0 Å². The van der Waals surface area contributed by atoms with Crippen molar-refractivity contribution in [1.29, 1.82) is 0 Å². The Kier molecular flexibility index (Phi) is 15.7. The van der Waals surface area contributed by atoms with Crippen molar-refractivity contribution in [1.82, 2.24) is 60.0 Å². The summed E-state index contributed by atoms with van der Waals surface area (Å²) in [4.78, 5) is 5.21. The Morgan fingerprint density at radius 2 is 1.17 bits per heavy atom. The summed E-state index contributed by atoms with van der Waals surface area (Å²) in [5, 5.41) is 29.1. The lowest BCUT2D eigenvalue weighted by molar-refractivity contribution is -0.0712. The van der Waals surface area contributed by atoms with Crippen LogP contribution in [0, 0.1) is 17.4 Å². The number of benzene rings is 2. The molecule has 2 aromatic carbocycles. The van der Waals surface area contributed by atoms with Crippen LogP contribution in [-0.4, -0.2) is 140 Å². The van der Waals surface area contributed by atoms with Crippen LogP contribution in [0.5, 0.6) is 0 Å². The number of hydrogen-bond donors (Lipinski definition) is 3. The predicted octanol–water partition coefficient (Wildman–Crippen LogP) is 6.86. The zero-order chi connectivity index (χ0) is 43.9. The van der Waals surface area contributed by atoms with Gasteiger partial charge in [-0.1, -0.05) is 12.8 Å². The molecule has 4 aliphatic heterocycles. The zero-order valence-electron chi connectivity index (χ0n) is 38.3. The SMILES string of the molecule is CNC1CCCC[C@H]1NC.Cc1cc2cn[nH]c2cc1C1CCN(C2COC2)CC1.Cc1cc2cnn(-c3cnn(C)c3)c2cc1C1CCN(C2COC2)CC1.Cn1cc(I)cn1. The number of likely N-dealkylation sites (tertiary alicyclic amines) is 2. The minimum Gasteiger partial charge on any atom is -0.378 e. The summed E-state index contributed by atoms with van der Waals surface area (Å²) in [6.07, 6.45) is 21.9. The van der Waals surface area contributed by atoms with E-state index < -0.39 is 0 Å². The van der Waals surface area contributed by atoms with E-state index in [1.807, 2.05) is 60.6 Å². The van der Waals surface area contributed by atoms with Gasteiger partial charge >= 0.3 is 0 Å². The number of fused-ring (bicyclic) bond motifs is 2. The fraction of sp³-hybridized carbons (Fsp3) is 0.583. The zero-order valence-corrected chi connectivity index (χ0v) is 40.4. The minimum absolute atomic E-state index is 0.633. The highest BCUT2D eigenvalue weighted by molar-refractivity contribution is 14.1. The average molecular weight is 973 g/mol. The van der Waals surface area contributed by atoms with E-state index in [4.69, 9.17) is 9.47 Å². The van der Waals surface area contributed by atoms with E-state index in [0.29, 0.717) is 36.0 Å². The molecule has 0 radical (unpaired) electrons. The lowest BCUT2D eigenvalue weighted by atomic mass is 9.85. The van der Waals surface area contributed by atoms with Gasteiger partial charge in [0.05, 0.1) is 84.1 Å². The van der Waals surface area contributed by atoms with Crippen molar-refractivity contribution < 1.29 is 9.47 Å². The van der Waals surface area contributed by atoms with E-state index in [-0.39, 0.29) is 0 Å². The Morgan fingerprint density at radius 3 is 1.63 bits per heavy atom. The first-order valence-electron chi connectivity index (χ1n) is 23.2. The minimum atomic E-state index is 0.633. The van der Waals surface area contributed by atoms with Crippen LogP contribution in [0.1, 0.15) is 85.5 Å². The van der Waals surface area contributed by atoms with Gasteiger partial charge in [-0.3, -0.25) is 24.3 Å². The predicted molar refractivity (Wildman–Crippen MR) is 260 cm³/mol. The summed E-state index contributed by atoms with van der Waals surface area (Å²) in [5.74, 6) is 1.33. The molecule has 2 atom stereocenters. The van der Waals surface area contributed by atoms with Crippen LogP contribution in [0.3, 0.4) is 0 Å². The van der Waals surface area contributed by atoms with Crippen LogP contribution in [-0.2, 0) is 23.6 Å². The van der Waals surface area contributed by atoms with Crippen LogP contribution < -0.4 is 10.6 Å². The Morgan fingerprint density at radius 1 is 0.635 bits per heavy atom. The molecule has 11 rings (SSSR count). The van der Waals surface area contributed by atoms with Gasteiger partial charge in [0, 0.05) is 43.1 Å². The number of piperidine rings is 2. The molecule has 0 bridgehead atoms. The van der Waals surface area contributed by atoms with Crippen LogP contribution in [0.15, 0.2) is 61.4 Å². The number of aromatic nitrogens is 8. The normalized spacial score (nSPS) is 21.8. The van der Waals surface area contributed by atoms with Crippen molar-refractivity contribution in [2.24, 2.45) is 14.1 Å². The standard InChI is InChI=1S/C20H25N5O.C16H21N3O.C8H18N2.C4H5IN2/c1-14-7-16-9-22-25(17-10-21-23(2)11-17)20(16)8-19(14)15-3-5-24(6-4-15)18-12-26-13-18;1-11-6-13-8-17-18-16(13)7-15(11)12-2-4-19(5-3-12)14-9-20-10-14;1-9-7-5-3-4-6-8(7)10-2;1-7-3-4(5)2-6-7/h7-11,15,18H,3-6,12-13H2,1-2H3;6-8,12,14H,2-5,9-10H2,1H3,(H,17,18);7-10H,3-6H2,1-2H3;2-3H,1H3/t;;7-,8?;/m..1./s1. The molecule has 8 heterocycles. The molecule has 6 aromatic rings. The molecule has 1 saturated carbocycles. The number of nitrogens with zero attached hydrogens (tertiary/aromatic N) is 9. The average Bonchev–Trinajstić information content (AvgIpc) is 4.08. The Labute approximate surface area is 387 Å². The molecule has 1 aliphatic carbocycles. The van der Waals surface area contributed by atoms with Crippen molar-refractivity contribution in [3.8, 4) is 5.69 Å². The molecule has 0 amide bonds. The molecule has 15 heteroatoms. The Balaban J connectivity index is 0.000000129. The summed E-state index contributed by atoms with van der Waals surface area (Å²) in [5.41, 5.74) is 9.13. The molecule has 1 unspecified atom stereocenters. The van der Waals surface area contributed by atoms with Gasteiger partial charge < -0.3 is 20.1 Å². The number of H-pyrrole nitrogens is 1. The molecule has 14 nitrogen and oxygen atoms in total. The highest BCUT2D eigenvalue weighted by Crippen LogP contribution is 2.35. The molecule has 340 valence electrons. The molecule has 4 saturated heterocycles. The number of hydrogen-bond acceptors (Lipinski definition) is 10. The number of rotatable bonds is 7. The quantitative estimate of drug-likeness (QED) is 0.146. The number of aryl methyl sites for hydroxylation is 4. The van der Waals surface area contributed by atoms with E-state index in [9.17, 15) is 0 Å². The maximum Gasteiger partial charge on any atom is 0.103 e. The van der Waals surface area contributed by atoms with Crippen molar-refractivity contribution in [2.75, 3.05) is 66.7 Å². The first-order chi connectivity index (χ1) is 30.7. The van der Waals surface area contributed by atoms with Gasteiger partial charge in [0.1, 0.15) is 5.69 Å². The molecule has 63 heavy (non-hydrogen) atoms. The third-order valence-corrected chi connectivity index (χ3v) is 14.7. The van der Waals surface area contributed by atoms with Crippen molar-refractivity contribution in [3.63, 3.8) is 0 Å². The topological polar surface area (TPSA) is 131 Å². The van der Waals surface area contributed by atoms with Crippen LogP contribution in [0.25, 0.3) is 27.5 Å². The van der Waals surface area contributed by atoms with E-state index >= 15 is 0 Å². The molecular weight excluding hydrogens is 904 g/mol. The summed E-state index contributed by atoms with van der Waals surface area (Å²) >= 11 is 2.22. The third-order valence-electron chi connectivity index (χ3n) is 14.1. The molecule has 4 aromatic heterocycles. The molecular formula is C48H69IN12O2. The highest BCUT2D eigenvalue weighted by Gasteiger charge is 2.32. The van der Waals surface area contributed by atoms with Crippen LogP contribution in [0.2, 0.25) is 0 Å². The maximum absolute atomic E-state index is 5.36.